The van der Waals surface area contributed by atoms with Crippen molar-refractivity contribution >= 4 is 17.5 Å². The van der Waals surface area contributed by atoms with Gasteiger partial charge in [0.2, 0.25) is 0 Å². The number of aryl methyl sites for hydroxylation is 1. The molecule has 0 saturated carbocycles. The summed E-state index contributed by atoms with van der Waals surface area (Å²) >= 11 is 6.09. The van der Waals surface area contributed by atoms with E-state index in [1.807, 2.05) is 11.8 Å². The van der Waals surface area contributed by atoms with Crippen LogP contribution in [0.2, 0.25) is 5.02 Å². The first-order chi connectivity index (χ1) is 11.9. The molecule has 1 aromatic heterocycles. The van der Waals surface area contributed by atoms with Gasteiger partial charge in [-0.15, -0.1) is 10.2 Å². The highest BCUT2D eigenvalue weighted by Gasteiger charge is 2.32. The quantitative estimate of drug-likeness (QED) is 0.835. The Kier molecular flexibility index (Phi) is 4.99. The summed E-state index contributed by atoms with van der Waals surface area (Å²) in [5.41, 5.74) is 0.475. The van der Waals surface area contributed by atoms with Gasteiger partial charge in [-0.05, 0) is 37.5 Å². The van der Waals surface area contributed by atoms with Crippen LogP contribution >= 0.6 is 11.6 Å². The van der Waals surface area contributed by atoms with Gasteiger partial charge in [-0.2, -0.15) is 0 Å². The van der Waals surface area contributed by atoms with Gasteiger partial charge in [-0.1, -0.05) is 25.4 Å². The van der Waals surface area contributed by atoms with Crippen molar-refractivity contribution in [1.29, 1.82) is 0 Å². The lowest BCUT2D eigenvalue weighted by Gasteiger charge is -2.35. The number of methoxy groups -OCH3 is 1. The van der Waals surface area contributed by atoms with Crippen LogP contribution in [-0.2, 0) is 6.54 Å². The molecule has 0 N–H and O–H groups in total. The molecule has 0 unspecified atom stereocenters. The Bertz CT molecular complexity index is 787. The van der Waals surface area contributed by atoms with Crippen LogP contribution in [0.3, 0.4) is 0 Å². The fourth-order valence-corrected chi connectivity index (χ4v) is 3.64. The number of hydrogen-bond donors (Lipinski definition) is 0. The van der Waals surface area contributed by atoms with E-state index < -0.39 is 0 Å². The highest BCUT2D eigenvalue weighted by molar-refractivity contribution is 6.31. The van der Waals surface area contributed by atoms with E-state index in [1.165, 1.54) is 0 Å². The Balaban J connectivity index is 1.93. The summed E-state index contributed by atoms with van der Waals surface area (Å²) < 4.78 is 7.50. The molecule has 3 rings (SSSR count). The largest absolute Gasteiger partial charge is 0.496 e. The normalized spacial score (nSPS) is 16.9. The van der Waals surface area contributed by atoms with Crippen LogP contribution in [0.1, 0.15) is 48.3 Å². The van der Waals surface area contributed by atoms with Crippen molar-refractivity contribution in [1.82, 2.24) is 19.7 Å². The number of fused-ring (bicyclic) bond motifs is 1. The van der Waals surface area contributed by atoms with Gasteiger partial charge in [0.05, 0.1) is 25.3 Å². The summed E-state index contributed by atoms with van der Waals surface area (Å²) in [6.07, 6.45) is 0.961. The Hall–Kier alpha value is -2.08. The lowest BCUT2D eigenvalue weighted by Crippen LogP contribution is -2.42. The molecule has 0 bridgehead atoms. The van der Waals surface area contributed by atoms with Crippen LogP contribution in [-0.4, -0.2) is 39.2 Å². The number of aromatic nitrogens is 3. The molecule has 0 radical (unpaired) electrons. The molecule has 2 aromatic rings. The van der Waals surface area contributed by atoms with Gasteiger partial charge in [-0.3, -0.25) is 4.79 Å². The number of benzene rings is 1. The zero-order chi connectivity index (χ0) is 18.1. The minimum absolute atomic E-state index is 0.0972. The third-order valence-corrected chi connectivity index (χ3v) is 4.72. The summed E-state index contributed by atoms with van der Waals surface area (Å²) in [6.45, 7) is 7.38. The summed E-state index contributed by atoms with van der Waals surface area (Å²) in [5, 5.41) is 8.97. The Morgan fingerprint density at radius 1 is 1.40 bits per heavy atom. The monoisotopic (exact) mass is 362 g/mol. The van der Waals surface area contributed by atoms with Crippen molar-refractivity contribution in [3.05, 3.63) is 40.4 Å². The van der Waals surface area contributed by atoms with E-state index in [0.717, 1.165) is 18.1 Å². The zero-order valence-electron chi connectivity index (χ0n) is 15.0. The molecule has 1 aromatic carbocycles. The summed E-state index contributed by atoms with van der Waals surface area (Å²) in [6, 6.07) is 5.27. The number of hydrogen-bond acceptors (Lipinski definition) is 4. The highest BCUT2D eigenvalue weighted by Crippen LogP contribution is 2.30. The van der Waals surface area contributed by atoms with Crippen molar-refractivity contribution in [2.24, 2.45) is 5.92 Å². The van der Waals surface area contributed by atoms with Crippen LogP contribution in [0.4, 0.5) is 0 Å². The van der Waals surface area contributed by atoms with Gasteiger partial charge in [0.15, 0.2) is 5.82 Å². The zero-order valence-corrected chi connectivity index (χ0v) is 15.7. The van der Waals surface area contributed by atoms with E-state index in [2.05, 4.69) is 28.6 Å². The van der Waals surface area contributed by atoms with Crippen LogP contribution in [0.25, 0.3) is 0 Å². The van der Waals surface area contributed by atoms with E-state index in [9.17, 15) is 4.79 Å². The van der Waals surface area contributed by atoms with Crippen molar-refractivity contribution in [3.8, 4) is 5.75 Å². The average molecular weight is 363 g/mol. The molecule has 0 spiro atoms. The molecule has 0 saturated heterocycles. The number of ether oxygens (including phenoxy) is 1. The SMILES string of the molecule is COc1ccc(Cl)cc1C(=O)N1Cc2nnc(C)n2[C@@H](CC(C)C)C1. The van der Waals surface area contributed by atoms with Crippen molar-refractivity contribution < 1.29 is 9.53 Å². The second-order valence-electron chi connectivity index (χ2n) is 6.85. The smallest absolute Gasteiger partial charge is 0.258 e. The van der Waals surface area contributed by atoms with Crippen LogP contribution in [0, 0.1) is 12.8 Å². The summed E-state index contributed by atoms with van der Waals surface area (Å²) in [4.78, 5) is 14.9. The van der Waals surface area contributed by atoms with Crippen molar-refractivity contribution in [3.63, 3.8) is 0 Å². The first kappa shape index (κ1) is 17.7. The molecule has 1 aliphatic rings. The van der Waals surface area contributed by atoms with E-state index in [0.29, 0.717) is 35.3 Å². The molecule has 134 valence electrons. The Labute approximate surface area is 152 Å². The third kappa shape index (κ3) is 3.49. The lowest BCUT2D eigenvalue weighted by molar-refractivity contribution is 0.0657. The summed E-state index contributed by atoms with van der Waals surface area (Å²) in [7, 11) is 1.55. The molecule has 1 amide bonds. The molecule has 7 heteroatoms. The highest BCUT2D eigenvalue weighted by atomic mass is 35.5. The predicted octanol–water partition coefficient (Wildman–Crippen LogP) is 3.49. The Morgan fingerprint density at radius 3 is 2.84 bits per heavy atom. The van der Waals surface area contributed by atoms with Gasteiger partial charge in [0, 0.05) is 11.6 Å². The average Bonchev–Trinajstić information content (AvgIpc) is 2.95. The van der Waals surface area contributed by atoms with Crippen molar-refractivity contribution in [2.45, 2.75) is 39.8 Å². The third-order valence-electron chi connectivity index (χ3n) is 4.49. The van der Waals surface area contributed by atoms with E-state index in [-0.39, 0.29) is 11.9 Å². The van der Waals surface area contributed by atoms with E-state index in [1.54, 1.807) is 25.3 Å². The minimum Gasteiger partial charge on any atom is -0.496 e. The van der Waals surface area contributed by atoms with Crippen LogP contribution < -0.4 is 4.74 Å². The minimum atomic E-state index is -0.0972. The lowest BCUT2D eigenvalue weighted by atomic mass is 10.0. The second-order valence-corrected chi connectivity index (χ2v) is 7.28. The van der Waals surface area contributed by atoms with Crippen LogP contribution in [0.5, 0.6) is 5.75 Å². The van der Waals surface area contributed by atoms with Gasteiger partial charge in [-0.25, -0.2) is 0 Å². The maximum atomic E-state index is 13.1. The molecule has 25 heavy (non-hydrogen) atoms. The maximum Gasteiger partial charge on any atom is 0.258 e. The van der Waals surface area contributed by atoms with Gasteiger partial charge in [0.1, 0.15) is 11.6 Å². The van der Waals surface area contributed by atoms with E-state index >= 15 is 0 Å². The fraction of sp³-hybridized carbons (Fsp3) is 0.500. The standard InChI is InChI=1S/C18H23ClN4O2/c1-11(2)7-14-9-22(10-17-21-20-12(3)23(14)17)18(24)15-8-13(19)5-6-16(15)25-4/h5-6,8,11,14H,7,9-10H2,1-4H3/t14-/m0/s1. The second kappa shape index (κ2) is 7.04. The molecule has 1 atom stereocenters. The fourth-order valence-electron chi connectivity index (χ4n) is 3.46. The Morgan fingerprint density at radius 2 is 2.16 bits per heavy atom. The van der Waals surface area contributed by atoms with Crippen molar-refractivity contribution in [2.75, 3.05) is 13.7 Å². The van der Waals surface area contributed by atoms with Gasteiger partial charge in [0.25, 0.3) is 5.91 Å². The molecule has 0 fully saturated rings. The molecule has 0 aliphatic carbocycles. The molecular formula is C18H23ClN4O2. The first-order valence-corrected chi connectivity index (χ1v) is 8.81. The molecule has 1 aliphatic heterocycles. The number of halogens is 1. The topological polar surface area (TPSA) is 60.2 Å². The van der Waals surface area contributed by atoms with Gasteiger partial charge < -0.3 is 14.2 Å². The summed E-state index contributed by atoms with van der Waals surface area (Å²) in [5.74, 6) is 2.66. The number of rotatable bonds is 4. The maximum absolute atomic E-state index is 13.1. The van der Waals surface area contributed by atoms with Gasteiger partial charge >= 0.3 is 0 Å². The number of carbonyl (C=O) groups excluding carboxylic acids is 1. The van der Waals surface area contributed by atoms with Crippen LogP contribution in [0.15, 0.2) is 18.2 Å². The van der Waals surface area contributed by atoms with E-state index in [4.69, 9.17) is 16.3 Å². The molecular weight excluding hydrogens is 340 g/mol. The predicted molar refractivity (Wildman–Crippen MR) is 96.0 cm³/mol. The number of nitrogens with zero attached hydrogens (tertiary/aromatic N) is 4. The first-order valence-electron chi connectivity index (χ1n) is 8.44. The number of carbonyl (C=O) groups is 1. The molecule has 6 nitrogen and oxygen atoms in total. The number of amides is 1. The molecule has 2 heterocycles.